The molecule has 5 nitrogen and oxygen atoms in total. The maximum atomic E-state index is 12.2. The number of benzene rings is 2. The zero-order chi connectivity index (χ0) is 19.3. The van der Waals surface area contributed by atoms with E-state index >= 15 is 0 Å². The lowest BCUT2D eigenvalue weighted by Crippen LogP contribution is -3.08. The van der Waals surface area contributed by atoms with Crippen LogP contribution in [0, 0.1) is 0 Å². The molecular formula is C19H22Cl2N3O2+. The molecule has 0 saturated heterocycles. The van der Waals surface area contributed by atoms with Crippen molar-refractivity contribution in [3.8, 4) is 0 Å². The number of likely N-dealkylation sites (N-methyl/N-ethyl adjacent to an activating group) is 1. The van der Waals surface area contributed by atoms with Crippen LogP contribution in [0.15, 0.2) is 42.5 Å². The summed E-state index contributed by atoms with van der Waals surface area (Å²) in [4.78, 5) is 26.6. The van der Waals surface area contributed by atoms with Crippen LogP contribution < -0.4 is 10.2 Å². The predicted molar refractivity (Wildman–Crippen MR) is 105 cm³/mol. The number of rotatable bonds is 6. The highest BCUT2D eigenvalue weighted by molar-refractivity contribution is 6.42. The molecule has 7 heteroatoms. The van der Waals surface area contributed by atoms with E-state index < -0.39 is 0 Å². The van der Waals surface area contributed by atoms with Crippen molar-refractivity contribution in [1.29, 1.82) is 0 Å². The van der Waals surface area contributed by atoms with E-state index in [0.29, 0.717) is 27.8 Å². The van der Waals surface area contributed by atoms with Gasteiger partial charge in [0.15, 0.2) is 6.54 Å². The van der Waals surface area contributed by atoms with Gasteiger partial charge in [-0.2, -0.15) is 0 Å². The Bertz CT molecular complexity index is 792. The summed E-state index contributed by atoms with van der Waals surface area (Å²) < 4.78 is 0. The molecule has 26 heavy (non-hydrogen) atoms. The summed E-state index contributed by atoms with van der Waals surface area (Å²) in [6.45, 7) is 0.865. The Morgan fingerprint density at radius 2 is 1.73 bits per heavy atom. The number of hydrogen-bond acceptors (Lipinski definition) is 2. The Kier molecular flexibility index (Phi) is 7.03. The van der Waals surface area contributed by atoms with Crippen molar-refractivity contribution in [2.75, 3.05) is 33.0 Å². The van der Waals surface area contributed by atoms with Gasteiger partial charge in [-0.25, -0.2) is 0 Å². The van der Waals surface area contributed by atoms with Crippen LogP contribution in [0.5, 0.6) is 0 Å². The minimum Gasteiger partial charge on any atom is -0.345 e. The Hall–Kier alpha value is -2.08. The van der Waals surface area contributed by atoms with Crippen LogP contribution in [0.1, 0.15) is 15.9 Å². The van der Waals surface area contributed by atoms with E-state index in [1.165, 1.54) is 4.90 Å². The number of nitrogens with zero attached hydrogens (tertiary/aromatic N) is 1. The Morgan fingerprint density at radius 3 is 2.35 bits per heavy atom. The summed E-state index contributed by atoms with van der Waals surface area (Å²) in [5.41, 5.74) is 2.13. The number of hydrogen-bond donors (Lipinski definition) is 2. The van der Waals surface area contributed by atoms with Gasteiger partial charge in [0.2, 0.25) is 0 Å². The van der Waals surface area contributed by atoms with Gasteiger partial charge in [-0.15, -0.1) is 0 Å². The van der Waals surface area contributed by atoms with Crippen LogP contribution in [0.2, 0.25) is 10.0 Å². The van der Waals surface area contributed by atoms with Crippen LogP contribution in [-0.2, 0) is 11.3 Å². The first kappa shape index (κ1) is 20.2. The number of quaternary nitrogens is 1. The number of anilines is 1. The lowest BCUT2D eigenvalue weighted by atomic mass is 10.2. The molecule has 2 rings (SSSR count). The van der Waals surface area contributed by atoms with Crippen LogP contribution in [0.25, 0.3) is 0 Å². The number of nitrogens with one attached hydrogen (secondary N) is 2. The molecular weight excluding hydrogens is 373 g/mol. The van der Waals surface area contributed by atoms with Gasteiger partial charge in [-0.05, 0) is 30.3 Å². The van der Waals surface area contributed by atoms with Gasteiger partial charge in [-0.1, -0.05) is 35.3 Å². The quantitative estimate of drug-likeness (QED) is 0.789. The molecule has 138 valence electrons. The molecule has 1 unspecified atom stereocenters. The number of halogens is 2. The minimum atomic E-state index is -0.118. The Balaban J connectivity index is 1.91. The molecule has 0 fully saturated rings. The monoisotopic (exact) mass is 394 g/mol. The van der Waals surface area contributed by atoms with E-state index in [1.54, 1.807) is 44.4 Å². The molecule has 0 aliphatic carbocycles. The average molecular weight is 395 g/mol. The molecule has 0 aliphatic heterocycles. The van der Waals surface area contributed by atoms with Gasteiger partial charge in [0.25, 0.3) is 11.8 Å². The molecule has 1 atom stereocenters. The van der Waals surface area contributed by atoms with E-state index in [9.17, 15) is 9.59 Å². The summed E-state index contributed by atoms with van der Waals surface area (Å²) >= 11 is 12.2. The lowest BCUT2D eigenvalue weighted by Gasteiger charge is -2.15. The molecule has 0 bridgehead atoms. The maximum absolute atomic E-state index is 12.2. The van der Waals surface area contributed by atoms with E-state index in [-0.39, 0.29) is 18.4 Å². The SMILES string of the molecule is CN(C)C(=O)c1ccc(NC(=O)C[NH+](C)Cc2cccc(Cl)c2Cl)cc1. The standard InChI is InChI=1S/C19H21Cl2N3O2/c1-23(2)19(26)13-7-9-15(10-8-13)22-17(25)12-24(3)11-14-5-4-6-16(20)18(14)21/h4-10H,11-12H2,1-3H3,(H,22,25)/p+1. The van der Waals surface area contributed by atoms with Crippen molar-refractivity contribution in [2.45, 2.75) is 6.54 Å². The fraction of sp³-hybridized carbons (Fsp3) is 0.263. The number of carbonyl (C=O) groups is 2. The second kappa shape index (κ2) is 9.03. The van der Waals surface area contributed by atoms with Crippen LogP contribution >= 0.6 is 23.2 Å². The molecule has 0 aliphatic rings. The third-order valence-corrected chi connectivity index (χ3v) is 4.67. The first-order chi connectivity index (χ1) is 12.3. The molecule has 2 aromatic carbocycles. The van der Waals surface area contributed by atoms with Crippen molar-refractivity contribution in [2.24, 2.45) is 0 Å². The largest absolute Gasteiger partial charge is 0.345 e. The molecule has 0 radical (unpaired) electrons. The second-order valence-corrected chi connectivity index (χ2v) is 7.13. The van der Waals surface area contributed by atoms with Crippen LogP contribution in [0.4, 0.5) is 5.69 Å². The van der Waals surface area contributed by atoms with Gasteiger partial charge >= 0.3 is 0 Å². The summed E-state index contributed by atoms with van der Waals surface area (Å²) in [5, 5.41) is 3.87. The fourth-order valence-corrected chi connectivity index (χ4v) is 2.89. The normalized spacial score (nSPS) is 11.7. The van der Waals surface area contributed by atoms with E-state index in [4.69, 9.17) is 23.2 Å². The van der Waals surface area contributed by atoms with Crippen LogP contribution in [0.3, 0.4) is 0 Å². The third kappa shape index (κ3) is 5.46. The van der Waals surface area contributed by atoms with Gasteiger partial charge in [0.05, 0.1) is 17.1 Å². The lowest BCUT2D eigenvalue weighted by molar-refractivity contribution is -0.885. The van der Waals surface area contributed by atoms with Crippen molar-refractivity contribution in [1.82, 2.24) is 4.90 Å². The van der Waals surface area contributed by atoms with Crippen molar-refractivity contribution >= 4 is 40.7 Å². The molecule has 2 aromatic rings. The van der Waals surface area contributed by atoms with E-state index in [0.717, 1.165) is 10.5 Å². The first-order valence-corrected chi connectivity index (χ1v) is 8.89. The third-order valence-electron chi connectivity index (χ3n) is 3.81. The number of amides is 2. The van der Waals surface area contributed by atoms with E-state index in [1.807, 2.05) is 19.2 Å². The highest BCUT2D eigenvalue weighted by Crippen LogP contribution is 2.24. The number of carbonyl (C=O) groups excluding carboxylic acids is 2. The highest BCUT2D eigenvalue weighted by atomic mass is 35.5. The average Bonchev–Trinajstić information content (AvgIpc) is 2.58. The zero-order valence-corrected chi connectivity index (χ0v) is 16.5. The van der Waals surface area contributed by atoms with Crippen molar-refractivity contribution in [3.05, 3.63) is 63.6 Å². The smallest absolute Gasteiger partial charge is 0.279 e. The molecule has 2 N–H and O–H groups in total. The summed E-state index contributed by atoms with van der Waals surface area (Å²) in [7, 11) is 5.31. The second-order valence-electron chi connectivity index (χ2n) is 6.35. The van der Waals surface area contributed by atoms with Crippen molar-refractivity contribution < 1.29 is 14.5 Å². The first-order valence-electron chi connectivity index (χ1n) is 8.13. The molecule has 0 aromatic heterocycles. The zero-order valence-electron chi connectivity index (χ0n) is 15.0. The maximum Gasteiger partial charge on any atom is 0.279 e. The molecule has 0 saturated carbocycles. The Morgan fingerprint density at radius 1 is 1.08 bits per heavy atom. The summed E-state index contributed by atoms with van der Waals surface area (Å²) in [6.07, 6.45) is 0. The minimum absolute atomic E-state index is 0.0783. The van der Waals surface area contributed by atoms with Gasteiger partial charge in [0.1, 0.15) is 6.54 Å². The van der Waals surface area contributed by atoms with E-state index in [2.05, 4.69) is 5.32 Å². The molecule has 2 amide bonds. The molecule has 0 spiro atoms. The topological polar surface area (TPSA) is 53.9 Å². The van der Waals surface area contributed by atoms with Gasteiger partial charge in [0, 0.05) is 30.9 Å². The highest BCUT2D eigenvalue weighted by Gasteiger charge is 2.14. The van der Waals surface area contributed by atoms with Gasteiger partial charge in [-0.3, -0.25) is 9.59 Å². The Labute approximate surface area is 163 Å². The summed E-state index contributed by atoms with van der Waals surface area (Å²) in [5.74, 6) is -0.196. The molecule has 0 heterocycles. The van der Waals surface area contributed by atoms with Crippen LogP contribution in [-0.4, -0.2) is 44.4 Å². The fourth-order valence-electron chi connectivity index (χ4n) is 2.51. The van der Waals surface area contributed by atoms with Crippen molar-refractivity contribution in [3.63, 3.8) is 0 Å². The van der Waals surface area contributed by atoms with Gasteiger partial charge < -0.3 is 15.1 Å². The predicted octanol–water partition coefficient (Wildman–Crippen LogP) is 2.35. The summed E-state index contributed by atoms with van der Waals surface area (Å²) in [6, 6.07) is 12.3.